The minimum Gasteiger partial charge on any atom is -0.331 e. The number of thiocarbonyl (C=S) groups is 1. The molecule has 92 valence electrons. The molecule has 0 radical (unpaired) electrons. The molecule has 0 spiro atoms. The Labute approximate surface area is 107 Å². The first-order valence-corrected chi connectivity index (χ1v) is 6.04. The summed E-state index contributed by atoms with van der Waals surface area (Å²) in [6.07, 6.45) is 2.39. The van der Waals surface area contributed by atoms with Gasteiger partial charge in [-0.15, -0.1) is 0 Å². The van der Waals surface area contributed by atoms with Crippen molar-refractivity contribution in [1.82, 2.24) is 10.9 Å². The van der Waals surface area contributed by atoms with Crippen molar-refractivity contribution in [3.05, 3.63) is 30.3 Å². The van der Waals surface area contributed by atoms with Crippen LogP contribution in [-0.4, -0.2) is 11.0 Å². The fraction of sp³-hybridized carbons (Fsp3) is 0.333. The van der Waals surface area contributed by atoms with Crippen LogP contribution in [0.4, 0.5) is 5.69 Å². The molecule has 17 heavy (non-hydrogen) atoms. The number of para-hydroxylation sites is 1. The molecule has 0 aliphatic heterocycles. The molecule has 3 N–H and O–H groups in total. The lowest BCUT2D eigenvalue weighted by Gasteiger charge is -2.11. The number of amides is 1. The highest BCUT2D eigenvalue weighted by Crippen LogP contribution is 2.03. The molecule has 1 rings (SSSR count). The number of hydrogen-bond donors (Lipinski definition) is 3. The summed E-state index contributed by atoms with van der Waals surface area (Å²) in [4.78, 5) is 11.3. The number of anilines is 1. The zero-order valence-corrected chi connectivity index (χ0v) is 10.6. The smallest absolute Gasteiger partial charge is 0.238 e. The Morgan fingerprint density at radius 1 is 1.24 bits per heavy atom. The molecule has 0 aliphatic carbocycles. The third-order valence-electron chi connectivity index (χ3n) is 2.10. The van der Waals surface area contributed by atoms with E-state index >= 15 is 0 Å². The maximum absolute atomic E-state index is 11.3. The third-order valence-corrected chi connectivity index (χ3v) is 2.31. The van der Waals surface area contributed by atoms with Crippen LogP contribution in [0.15, 0.2) is 30.3 Å². The summed E-state index contributed by atoms with van der Waals surface area (Å²) in [5.41, 5.74) is 6.09. The van der Waals surface area contributed by atoms with E-state index in [9.17, 15) is 4.79 Å². The molecule has 0 fully saturated rings. The molecular weight excluding hydrogens is 234 g/mol. The van der Waals surface area contributed by atoms with E-state index in [4.69, 9.17) is 12.2 Å². The molecule has 5 heteroatoms. The monoisotopic (exact) mass is 251 g/mol. The van der Waals surface area contributed by atoms with Gasteiger partial charge in [-0.05, 0) is 30.8 Å². The molecule has 0 aliphatic rings. The maximum Gasteiger partial charge on any atom is 0.238 e. The SMILES string of the molecule is CCCCC(=O)NNC(=S)Nc1ccccc1. The molecule has 0 saturated carbocycles. The van der Waals surface area contributed by atoms with Gasteiger partial charge in [0.05, 0.1) is 0 Å². The van der Waals surface area contributed by atoms with Crippen LogP contribution in [0.3, 0.4) is 0 Å². The van der Waals surface area contributed by atoms with Crippen LogP contribution in [0.1, 0.15) is 26.2 Å². The first-order chi connectivity index (χ1) is 8.22. The third kappa shape index (κ3) is 5.87. The van der Waals surface area contributed by atoms with Gasteiger partial charge in [0, 0.05) is 12.1 Å². The van der Waals surface area contributed by atoms with Crippen molar-refractivity contribution < 1.29 is 4.79 Å². The van der Waals surface area contributed by atoms with Gasteiger partial charge >= 0.3 is 0 Å². The van der Waals surface area contributed by atoms with E-state index in [2.05, 4.69) is 16.2 Å². The highest BCUT2D eigenvalue weighted by molar-refractivity contribution is 7.80. The lowest BCUT2D eigenvalue weighted by atomic mass is 10.2. The van der Waals surface area contributed by atoms with Crippen molar-refractivity contribution in [3.8, 4) is 0 Å². The van der Waals surface area contributed by atoms with E-state index in [1.165, 1.54) is 0 Å². The summed E-state index contributed by atoms with van der Waals surface area (Å²) in [6, 6.07) is 9.53. The van der Waals surface area contributed by atoms with Crippen LogP contribution in [0.5, 0.6) is 0 Å². The number of carbonyl (C=O) groups excluding carboxylic acids is 1. The minimum atomic E-state index is -0.0518. The second-order valence-electron chi connectivity index (χ2n) is 3.60. The second-order valence-corrected chi connectivity index (χ2v) is 4.01. The summed E-state index contributed by atoms with van der Waals surface area (Å²) in [6.45, 7) is 2.04. The quantitative estimate of drug-likeness (QED) is 0.567. The maximum atomic E-state index is 11.3. The molecule has 0 saturated heterocycles. The fourth-order valence-corrected chi connectivity index (χ4v) is 1.38. The Morgan fingerprint density at radius 2 is 1.94 bits per heavy atom. The van der Waals surface area contributed by atoms with Crippen molar-refractivity contribution in [3.63, 3.8) is 0 Å². The molecule has 1 aromatic rings. The van der Waals surface area contributed by atoms with Crippen molar-refractivity contribution in [2.75, 3.05) is 5.32 Å². The Hall–Kier alpha value is -1.62. The van der Waals surface area contributed by atoms with Gasteiger partial charge in [-0.25, -0.2) is 0 Å². The summed E-state index contributed by atoms with van der Waals surface area (Å²) in [7, 11) is 0. The van der Waals surface area contributed by atoms with Gasteiger partial charge in [-0.1, -0.05) is 31.5 Å². The number of benzene rings is 1. The Bertz CT molecular complexity index is 367. The number of carbonyl (C=O) groups is 1. The van der Waals surface area contributed by atoms with E-state index < -0.39 is 0 Å². The molecule has 0 bridgehead atoms. The number of hydrazine groups is 1. The first-order valence-electron chi connectivity index (χ1n) is 5.63. The number of hydrogen-bond acceptors (Lipinski definition) is 2. The number of nitrogens with one attached hydrogen (secondary N) is 3. The Balaban J connectivity index is 2.24. The van der Waals surface area contributed by atoms with Gasteiger partial charge in [0.2, 0.25) is 5.91 Å². The van der Waals surface area contributed by atoms with E-state index in [0.29, 0.717) is 11.5 Å². The summed E-state index contributed by atoms with van der Waals surface area (Å²) in [5, 5.41) is 3.33. The Morgan fingerprint density at radius 3 is 2.59 bits per heavy atom. The standard InChI is InChI=1S/C12H17N3OS/c1-2-3-9-11(16)14-15-12(17)13-10-7-5-4-6-8-10/h4-8H,2-3,9H2,1H3,(H,14,16)(H2,13,15,17). The van der Waals surface area contributed by atoms with Crippen LogP contribution in [0.2, 0.25) is 0 Å². The molecule has 0 aromatic heterocycles. The number of rotatable bonds is 4. The lowest BCUT2D eigenvalue weighted by molar-refractivity contribution is -0.121. The second kappa shape index (κ2) is 7.62. The highest BCUT2D eigenvalue weighted by Gasteiger charge is 2.00. The van der Waals surface area contributed by atoms with Crippen LogP contribution in [0, 0.1) is 0 Å². The molecule has 0 unspecified atom stereocenters. The van der Waals surface area contributed by atoms with Crippen LogP contribution < -0.4 is 16.2 Å². The largest absolute Gasteiger partial charge is 0.331 e. The average Bonchev–Trinajstić information content (AvgIpc) is 2.35. The van der Waals surface area contributed by atoms with Gasteiger partial charge < -0.3 is 5.32 Å². The molecular formula is C12H17N3OS. The van der Waals surface area contributed by atoms with Crippen molar-refractivity contribution >= 4 is 28.9 Å². The lowest BCUT2D eigenvalue weighted by Crippen LogP contribution is -2.43. The first kappa shape index (κ1) is 13.4. The minimum absolute atomic E-state index is 0.0518. The van der Waals surface area contributed by atoms with E-state index in [1.807, 2.05) is 37.3 Å². The normalized spacial score (nSPS) is 9.47. The predicted octanol–water partition coefficient (Wildman–Crippen LogP) is 2.19. The van der Waals surface area contributed by atoms with Gasteiger partial charge in [0.25, 0.3) is 0 Å². The topological polar surface area (TPSA) is 53.2 Å². The molecule has 1 aromatic carbocycles. The van der Waals surface area contributed by atoms with Crippen LogP contribution in [-0.2, 0) is 4.79 Å². The van der Waals surface area contributed by atoms with E-state index in [0.717, 1.165) is 18.5 Å². The van der Waals surface area contributed by atoms with Crippen LogP contribution >= 0.6 is 12.2 Å². The number of unbranched alkanes of at least 4 members (excludes halogenated alkanes) is 1. The molecule has 0 heterocycles. The van der Waals surface area contributed by atoms with Gasteiger partial charge in [0.15, 0.2) is 5.11 Å². The molecule has 1 amide bonds. The van der Waals surface area contributed by atoms with Gasteiger partial charge in [-0.3, -0.25) is 15.6 Å². The van der Waals surface area contributed by atoms with E-state index in [-0.39, 0.29) is 5.91 Å². The summed E-state index contributed by atoms with van der Waals surface area (Å²) in [5.74, 6) is -0.0518. The highest BCUT2D eigenvalue weighted by atomic mass is 32.1. The summed E-state index contributed by atoms with van der Waals surface area (Å²) >= 11 is 5.03. The van der Waals surface area contributed by atoms with Crippen molar-refractivity contribution in [2.24, 2.45) is 0 Å². The van der Waals surface area contributed by atoms with Crippen molar-refractivity contribution in [1.29, 1.82) is 0 Å². The van der Waals surface area contributed by atoms with Crippen molar-refractivity contribution in [2.45, 2.75) is 26.2 Å². The predicted molar refractivity (Wildman–Crippen MR) is 73.5 cm³/mol. The fourth-order valence-electron chi connectivity index (χ4n) is 1.21. The molecule has 0 atom stereocenters. The Kier molecular flexibility index (Phi) is 6.03. The van der Waals surface area contributed by atoms with Crippen LogP contribution in [0.25, 0.3) is 0 Å². The average molecular weight is 251 g/mol. The van der Waals surface area contributed by atoms with Gasteiger partial charge in [0.1, 0.15) is 0 Å². The summed E-state index contributed by atoms with van der Waals surface area (Å²) < 4.78 is 0. The molecule has 4 nitrogen and oxygen atoms in total. The van der Waals surface area contributed by atoms with Gasteiger partial charge in [-0.2, -0.15) is 0 Å². The van der Waals surface area contributed by atoms with E-state index in [1.54, 1.807) is 0 Å². The zero-order valence-electron chi connectivity index (χ0n) is 9.82. The zero-order chi connectivity index (χ0) is 12.5.